The molecule has 1 N–H and O–H groups in total. The van der Waals surface area contributed by atoms with Gasteiger partial charge in [0.25, 0.3) is 0 Å². The molecule has 5 rings (SSSR count). The molecule has 1 saturated heterocycles. The van der Waals surface area contributed by atoms with Crippen molar-refractivity contribution in [3.05, 3.63) is 89.0 Å². The number of hydrogen-bond donors (Lipinski definition) is 1. The van der Waals surface area contributed by atoms with E-state index in [1.165, 1.54) is 12.1 Å². The Morgan fingerprint density at radius 1 is 1.00 bits per heavy atom. The van der Waals surface area contributed by atoms with E-state index in [9.17, 15) is 18.3 Å². The lowest BCUT2D eigenvalue weighted by atomic mass is 9.86. The van der Waals surface area contributed by atoms with Gasteiger partial charge in [-0.1, -0.05) is 18.2 Å². The van der Waals surface area contributed by atoms with E-state index < -0.39 is 17.7 Å². The Bertz CT molecular complexity index is 1250. The summed E-state index contributed by atoms with van der Waals surface area (Å²) in [5.74, 6) is -0.315. The number of phenols is 1. The fourth-order valence-corrected chi connectivity index (χ4v) is 4.70. The normalized spacial score (nSPS) is 18.1. The van der Waals surface area contributed by atoms with Crippen LogP contribution in [0.3, 0.4) is 0 Å². The standard InChI is InChI=1S/C28H26F3NO3/c1-17-23-13-21(33)5-9-26(23)35-28(27(17)20-4-8-24(30)25(31)12-20)19-2-6-22(7-3-19)34-11-10-32-15-18(14-29)16-32/h2-9,12-13,18,28,33H,10-11,14-16H2,1H3. The quantitative estimate of drug-likeness (QED) is 0.449. The van der Waals surface area contributed by atoms with E-state index in [0.29, 0.717) is 34.8 Å². The zero-order chi connectivity index (χ0) is 24.5. The van der Waals surface area contributed by atoms with Gasteiger partial charge in [-0.15, -0.1) is 0 Å². The minimum atomic E-state index is -0.938. The molecule has 0 amide bonds. The zero-order valence-corrected chi connectivity index (χ0v) is 19.3. The number of halogens is 3. The summed E-state index contributed by atoms with van der Waals surface area (Å²) in [5.41, 5.74) is 3.52. The van der Waals surface area contributed by atoms with Crippen LogP contribution < -0.4 is 9.47 Å². The van der Waals surface area contributed by atoms with Gasteiger partial charge in [0.1, 0.15) is 30.0 Å². The summed E-state index contributed by atoms with van der Waals surface area (Å²) in [6.07, 6.45) is -0.565. The summed E-state index contributed by atoms with van der Waals surface area (Å²) in [4.78, 5) is 2.16. The number of ether oxygens (including phenoxy) is 2. The molecule has 2 heterocycles. The molecule has 1 atom stereocenters. The molecule has 1 unspecified atom stereocenters. The summed E-state index contributed by atoms with van der Waals surface area (Å²) in [7, 11) is 0. The van der Waals surface area contributed by atoms with E-state index in [1.807, 2.05) is 31.2 Å². The number of aromatic hydroxyl groups is 1. The average molecular weight is 482 g/mol. The third kappa shape index (κ3) is 4.73. The Balaban J connectivity index is 1.40. The van der Waals surface area contributed by atoms with Gasteiger partial charge < -0.3 is 14.6 Å². The Labute approximate surface area is 202 Å². The van der Waals surface area contributed by atoms with Crippen LogP contribution in [0.15, 0.2) is 60.7 Å². The molecule has 0 saturated carbocycles. The number of phenolic OH excluding ortho intramolecular Hbond substituents is 1. The van der Waals surface area contributed by atoms with Gasteiger partial charge in [0.2, 0.25) is 0 Å². The van der Waals surface area contributed by atoms with Crippen molar-refractivity contribution in [3.8, 4) is 17.2 Å². The fourth-order valence-electron chi connectivity index (χ4n) is 4.70. The number of likely N-dealkylation sites (tertiary alicyclic amines) is 1. The first-order valence-corrected chi connectivity index (χ1v) is 11.6. The molecule has 4 nitrogen and oxygen atoms in total. The van der Waals surface area contributed by atoms with Crippen LogP contribution in [0.25, 0.3) is 11.1 Å². The van der Waals surface area contributed by atoms with Crippen LogP contribution in [-0.4, -0.2) is 42.9 Å². The second kappa shape index (κ2) is 9.66. The second-order valence-corrected chi connectivity index (χ2v) is 9.04. The van der Waals surface area contributed by atoms with Gasteiger partial charge in [0, 0.05) is 36.7 Å². The van der Waals surface area contributed by atoms with E-state index >= 15 is 0 Å². The predicted molar refractivity (Wildman–Crippen MR) is 128 cm³/mol. The van der Waals surface area contributed by atoms with E-state index in [4.69, 9.17) is 9.47 Å². The Morgan fingerprint density at radius 3 is 2.49 bits per heavy atom. The molecule has 3 aromatic carbocycles. The maximum atomic E-state index is 14.1. The molecule has 2 aliphatic rings. The molecule has 0 aromatic heterocycles. The summed E-state index contributed by atoms with van der Waals surface area (Å²) in [5, 5.41) is 9.99. The van der Waals surface area contributed by atoms with E-state index in [0.717, 1.165) is 36.8 Å². The van der Waals surface area contributed by atoms with Crippen LogP contribution in [0.5, 0.6) is 17.2 Å². The smallest absolute Gasteiger partial charge is 0.159 e. The third-order valence-electron chi connectivity index (χ3n) is 6.62. The highest BCUT2D eigenvalue weighted by Gasteiger charge is 2.30. The van der Waals surface area contributed by atoms with Crippen molar-refractivity contribution >= 4 is 11.1 Å². The fraction of sp³-hybridized carbons (Fsp3) is 0.286. The second-order valence-electron chi connectivity index (χ2n) is 9.04. The molecule has 2 aliphatic heterocycles. The minimum absolute atomic E-state index is 0.0923. The third-order valence-corrected chi connectivity index (χ3v) is 6.62. The van der Waals surface area contributed by atoms with E-state index in [2.05, 4.69) is 4.90 Å². The van der Waals surface area contributed by atoms with Crippen molar-refractivity contribution in [2.24, 2.45) is 5.92 Å². The highest BCUT2D eigenvalue weighted by atomic mass is 19.2. The molecular weight excluding hydrogens is 455 g/mol. The van der Waals surface area contributed by atoms with Crippen LogP contribution in [0, 0.1) is 17.6 Å². The number of rotatable bonds is 7. The Hall–Kier alpha value is -3.45. The number of alkyl halides is 1. The van der Waals surface area contributed by atoms with Crippen LogP contribution >= 0.6 is 0 Å². The molecule has 0 spiro atoms. The van der Waals surface area contributed by atoms with E-state index in [1.54, 1.807) is 18.2 Å². The molecule has 7 heteroatoms. The largest absolute Gasteiger partial charge is 0.508 e. The molecule has 1 fully saturated rings. The lowest BCUT2D eigenvalue weighted by Crippen LogP contribution is -2.49. The van der Waals surface area contributed by atoms with Gasteiger partial charge in [-0.3, -0.25) is 9.29 Å². The highest BCUT2D eigenvalue weighted by molar-refractivity contribution is 5.95. The Kier molecular flexibility index (Phi) is 6.43. The van der Waals surface area contributed by atoms with E-state index in [-0.39, 0.29) is 18.3 Å². The monoisotopic (exact) mass is 481 g/mol. The van der Waals surface area contributed by atoms with Crippen molar-refractivity contribution in [2.75, 3.05) is 32.9 Å². The summed E-state index contributed by atoms with van der Waals surface area (Å²) >= 11 is 0. The van der Waals surface area contributed by atoms with Crippen LogP contribution in [0.1, 0.15) is 29.7 Å². The molecule has 3 aromatic rings. The maximum absolute atomic E-state index is 14.1. The van der Waals surface area contributed by atoms with Crippen LogP contribution in [-0.2, 0) is 0 Å². The van der Waals surface area contributed by atoms with Crippen molar-refractivity contribution in [2.45, 2.75) is 13.0 Å². The number of hydrogen-bond acceptors (Lipinski definition) is 4. The molecule has 0 aliphatic carbocycles. The van der Waals surface area contributed by atoms with Gasteiger partial charge >= 0.3 is 0 Å². The topological polar surface area (TPSA) is 41.9 Å². The number of allylic oxidation sites excluding steroid dienone is 1. The number of fused-ring (bicyclic) bond motifs is 1. The predicted octanol–water partition coefficient (Wildman–Crippen LogP) is 6.01. The van der Waals surface area contributed by atoms with Crippen molar-refractivity contribution in [1.82, 2.24) is 4.90 Å². The van der Waals surface area contributed by atoms with Crippen LogP contribution in [0.2, 0.25) is 0 Å². The average Bonchev–Trinajstić information content (AvgIpc) is 2.83. The van der Waals surface area contributed by atoms with Crippen molar-refractivity contribution < 1.29 is 27.8 Å². The lowest BCUT2D eigenvalue weighted by Gasteiger charge is -2.37. The summed E-state index contributed by atoms with van der Waals surface area (Å²) in [6, 6.07) is 16.1. The zero-order valence-electron chi connectivity index (χ0n) is 19.3. The SMILES string of the molecule is CC1=C(c2ccc(F)c(F)c2)C(c2ccc(OCCN3CC(CF)C3)cc2)Oc2ccc(O)cc21. The van der Waals surface area contributed by atoms with Gasteiger partial charge in [-0.2, -0.15) is 0 Å². The lowest BCUT2D eigenvalue weighted by molar-refractivity contribution is 0.0668. The van der Waals surface area contributed by atoms with Gasteiger partial charge in [-0.25, -0.2) is 8.78 Å². The first-order valence-electron chi connectivity index (χ1n) is 11.6. The molecular formula is C28H26F3NO3. The summed E-state index contributed by atoms with van der Waals surface area (Å²) in [6.45, 7) is 4.41. The Morgan fingerprint density at radius 2 is 1.77 bits per heavy atom. The van der Waals surface area contributed by atoms with Gasteiger partial charge in [0.15, 0.2) is 11.6 Å². The summed E-state index contributed by atoms with van der Waals surface area (Å²) < 4.78 is 52.5. The van der Waals surface area contributed by atoms with Gasteiger partial charge in [0.05, 0.1) is 6.67 Å². The molecule has 0 radical (unpaired) electrons. The maximum Gasteiger partial charge on any atom is 0.159 e. The molecule has 35 heavy (non-hydrogen) atoms. The molecule has 182 valence electrons. The minimum Gasteiger partial charge on any atom is -0.508 e. The van der Waals surface area contributed by atoms with Crippen molar-refractivity contribution in [1.29, 1.82) is 0 Å². The first-order chi connectivity index (χ1) is 16.9. The number of benzene rings is 3. The van der Waals surface area contributed by atoms with Crippen molar-refractivity contribution in [3.63, 3.8) is 0 Å². The number of nitrogens with zero attached hydrogens (tertiary/aromatic N) is 1. The van der Waals surface area contributed by atoms with Gasteiger partial charge in [-0.05, 0) is 66.1 Å². The van der Waals surface area contributed by atoms with Crippen LogP contribution in [0.4, 0.5) is 13.2 Å². The molecule has 0 bridgehead atoms. The highest BCUT2D eigenvalue weighted by Crippen LogP contribution is 2.47. The first kappa shape index (κ1) is 23.3.